The summed E-state index contributed by atoms with van der Waals surface area (Å²) in [6.07, 6.45) is 1.58. The second kappa shape index (κ2) is 7.26. The fraction of sp³-hybridized carbons (Fsp3) is 0.188. The lowest BCUT2D eigenvalue weighted by Crippen LogP contribution is -2.31. The molecule has 0 fully saturated rings. The number of primary amides is 1. The summed E-state index contributed by atoms with van der Waals surface area (Å²) in [6.45, 7) is 0.382. The van der Waals surface area contributed by atoms with Crippen LogP contribution in [0.15, 0.2) is 42.6 Å². The molecule has 0 atom stereocenters. The Hall–Kier alpha value is -3.09. The molecule has 7 nitrogen and oxygen atoms in total. The number of amides is 3. The molecule has 1 heterocycles. The van der Waals surface area contributed by atoms with Crippen LogP contribution in [0.2, 0.25) is 0 Å². The van der Waals surface area contributed by atoms with Crippen LogP contribution in [0.4, 0.5) is 10.5 Å². The molecule has 0 aliphatic rings. The molecule has 0 spiro atoms. The number of nitrogens with zero attached hydrogens (tertiary/aromatic N) is 2. The molecule has 23 heavy (non-hydrogen) atoms. The van der Waals surface area contributed by atoms with Gasteiger partial charge in [0.05, 0.1) is 7.11 Å². The van der Waals surface area contributed by atoms with Gasteiger partial charge in [-0.3, -0.25) is 4.79 Å². The van der Waals surface area contributed by atoms with Crippen molar-refractivity contribution >= 4 is 17.6 Å². The number of aromatic nitrogens is 1. The maximum atomic E-state index is 12.2. The maximum absolute atomic E-state index is 12.2. The summed E-state index contributed by atoms with van der Waals surface area (Å²) in [6, 6.07) is 9.90. The number of hydrogen-bond acceptors (Lipinski definition) is 4. The normalized spacial score (nSPS) is 10.0. The first-order valence-electron chi connectivity index (χ1n) is 6.91. The van der Waals surface area contributed by atoms with Crippen LogP contribution in [0.1, 0.15) is 15.9 Å². The summed E-state index contributed by atoms with van der Waals surface area (Å²) < 4.78 is 5.09. The van der Waals surface area contributed by atoms with Crippen molar-refractivity contribution in [3.63, 3.8) is 0 Å². The minimum absolute atomic E-state index is 0.296. The first kappa shape index (κ1) is 16.3. The van der Waals surface area contributed by atoms with Gasteiger partial charge in [0.25, 0.3) is 0 Å². The van der Waals surface area contributed by atoms with E-state index in [9.17, 15) is 9.59 Å². The third-order valence-electron chi connectivity index (χ3n) is 3.21. The van der Waals surface area contributed by atoms with Crippen LogP contribution < -0.4 is 15.8 Å². The highest BCUT2D eigenvalue weighted by atomic mass is 16.5. The van der Waals surface area contributed by atoms with Crippen LogP contribution in [0, 0.1) is 0 Å². The Bertz CT molecular complexity index is 701. The van der Waals surface area contributed by atoms with Crippen LogP contribution in [0.25, 0.3) is 0 Å². The molecule has 2 aromatic rings. The number of benzene rings is 1. The molecule has 7 heteroatoms. The highest BCUT2D eigenvalue weighted by Gasteiger charge is 2.12. The van der Waals surface area contributed by atoms with Gasteiger partial charge in [-0.05, 0) is 29.8 Å². The first-order valence-corrected chi connectivity index (χ1v) is 6.91. The van der Waals surface area contributed by atoms with Crippen LogP contribution >= 0.6 is 0 Å². The molecular weight excluding hydrogens is 296 g/mol. The number of carbonyl (C=O) groups excluding carboxylic acids is 2. The molecule has 0 aliphatic heterocycles. The zero-order valence-corrected chi connectivity index (χ0v) is 12.9. The third kappa shape index (κ3) is 4.19. The molecule has 0 saturated carbocycles. The number of methoxy groups -OCH3 is 1. The Labute approximate surface area is 134 Å². The monoisotopic (exact) mass is 314 g/mol. The molecule has 0 saturated heterocycles. The predicted octanol–water partition coefficient (Wildman–Crippen LogP) is 1.85. The second-order valence-corrected chi connectivity index (χ2v) is 4.91. The predicted molar refractivity (Wildman–Crippen MR) is 86.2 cm³/mol. The van der Waals surface area contributed by atoms with Crippen LogP contribution in [-0.2, 0) is 6.54 Å². The van der Waals surface area contributed by atoms with Crippen molar-refractivity contribution in [3.8, 4) is 5.88 Å². The van der Waals surface area contributed by atoms with E-state index in [1.807, 2.05) is 0 Å². The molecule has 3 N–H and O–H groups in total. The van der Waals surface area contributed by atoms with Gasteiger partial charge in [0.1, 0.15) is 5.69 Å². The van der Waals surface area contributed by atoms with Gasteiger partial charge in [0, 0.05) is 25.4 Å². The lowest BCUT2D eigenvalue weighted by molar-refractivity contribution is 0.1000. The molecule has 3 amide bonds. The van der Waals surface area contributed by atoms with Crippen LogP contribution in [-0.4, -0.2) is 36.0 Å². The van der Waals surface area contributed by atoms with Crippen molar-refractivity contribution in [1.82, 2.24) is 9.88 Å². The van der Waals surface area contributed by atoms with E-state index in [1.165, 1.54) is 12.0 Å². The number of rotatable bonds is 5. The summed E-state index contributed by atoms with van der Waals surface area (Å²) in [5.74, 6) is -0.133. The van der Waals surface area contributed by atoms with E-state index < -0.39 is 5.91 Å². The Morgan fingerprint density at radius 2 is 1.96 bits per heavy atom. The number of nitrogens with one attached hydrogen (secondary N) is 1. The van der Waals surface area contributed by atoms with Gasteiger partial charge < -0.3 is 20.7 Å². The van der Waals surface area contributed by atoms with E-state index in [-0.39, 0.29) is 6.03 Å². The van der Waals surface area contributed by atoms with E-state index in [1.54, 1.807) is 49.6 Å². The summed E-state index contributed by atoms with van der Waals surface area (Å²) in [4.78, 5) is 28.8. The topological polar surface area (TPSA) is 97.6 Å². The standard InChI is InChI=1S/C16H18N4O3/c1-20(10-11-5-7-12(8-6-11)14(17)21)16(22)19-13-4-3-9-18-15(13)23-2/h3-9H,10H2,1-2H3,(H2,17,21)(H,19,22). The van der Waals surface area contributed by atoms with Gasteiger partial charge in [-0.25, -0.2) is 9.78 Å². The fourth-order valence-electron chi connectivity index (χ4n) is 1.98. The Morgan fingerprint density at radius 3 is 2.57 bits per heavy atom. The molecule has 0 aliphatic carbocycles. The maximum Gasteiger partial charge on any atom is 0.322 e. The van der Waals surface area contributed by atoms with Crippen molar-refractivity contribution < 1.29 is 14.3 Å². The van der Waals surface area contributed by atoms with E-state index in [0.29, 0.717) is 23.7 Å². The van der Waals surface area contributed by atoms with Crippen molar-refractivity contribution in [1.29, 1.82) is 0 Å². The highest BCUT2D eigenvalue weighted by Crippen LogP contribution is 2.20. The lowest BCUT2D eigenvalue weighted by atomic mass is 10.1. The average molecular weight is 314 g/mol. The zero-order valence-electron chi connectivity index (χ0n) is 12.9. The first-order chi connectivity index (χ1) is 11.0. The Kier molecular flexibility index (Phi) is 5.14. The minimum atomic E-state index is -0.480. The molecular formula is C16H18N4O3. The fourth-order valence-corrected chi connectivity index (χ4v) is 1.98. The van der Waals surface area contributed by atoms with Crippen LogP contribution in [0.3, 0.4) is 0 Å². The minimum Gasteiger partial charge on any atom is -0.480 e. The number of nitrogens with two attached hydrogens (primary N) is 1. The summed E-state index contributed by atoms with van der Waals surface area (Å²) in [5, 5.41) is 2.74. The van der Waals surface area contributed by atoms with Gasteiger partial charge in [0.15, 0.2) is 0 Å². The van der Waals surface area contributed by atoms with Gasteiger partial charge in [-0.15, -0.1) is 0 Å². The number of carbonyl (C=O) groups is 2. The molecule has 2 rings (SSSR count). The number of urea groups is 1. The SMILES string of the molecule is COc1ncccc1NC(=O)N(C)Cc1ccc(C(N)=O)cc1. The van der Waals surface area contributed by atoms with Gasteiger partial charge in [-0.1, -0.05) is 12.1 Å². The third-order valence-corrected chi connectivity index (χ3v) is 3.21. The van der Waals surface area contributed by atoms with Gasteiger partial charge >= 0.3 is 6.03 Å². The molecule has 0 radical (unpaired) electrons. The van der Waals surface area contributed by atoms with Crippen molar-refractivity contribution in [2.24, 2.45) is 5.73 Å². The highest BCUT2D eigenvalue weighted by molar-refractivity contribution is 5.93. The number of anilines is 1. The molecule has 1 aromatic heterocycles. The second-order valence-electron chi connectivity index (χ2n) is 4.91. The van der Waals surface area contributed by atoms with Crippen LogP contribution in [0.5, 0.6) is 5.88 Å². The van der Waals surface area contributed by atoms with Crippen molar-refractivity contribution in [2.45, 2.75) is 6.54 Å². The van der Waals surface area contributed by atoms with Crippen molar-refractivity contribution in [3.05, 3.63) is 53.7 Å². The summed E-state index contributed by atoms with van der Waals surface area (Å²) in [7, 11) is 3.15. The van der Waals surface area contributed by atoms with E-state index in [4.69, 9.17) is 10.5 Å². The Balaban J connectivity index is 2.01. The molecule has 0 unspecified atom stereocenters. The summed E-state index contributed by atoms with van der Waals surface area (Å²) >= 11 is 0. The summed E-state index contributed by atoms with van der Waals surface area (Å²) in [5.41, 5.74) is 7.00. The lowest BCUT2D eigenvalue weighted by Gasteiger charge is -2.18. The Morgan fingerprint density at radius 1 is 1.26 bits per heavy atom. The zero-order chi connectivity index (χ0) is 16.8. The smallest absolute Gasteiger partial charge is 0.322 e. The molecule has 120 valence electrons. The van der Waals surface area contributed by atoms with E-state index in [2.05, 4.69) is 10.3 Å². The van der Waals surface area contributed by atoms with E-state index in [0.717, 1.165) is 5.56 Å². The largest absolute Gasteiger partial charge is 0.480 e. The van der Waals surface area contributed by atoms with E-state index >= 15 is 0 Å². The van der Waals surface area contributed by atoms with Gasteiger partial charge in [0.2, 0.25) is 11.8 Å². The molecule has 0 bridgehead atoms. The quantitative estimate of drug-likeness (QED) is 0.880. The number of pyridine rings is 1. The van der Waals surface area contributed by atoms with Gasteiger partial charge in [-0.2, -0.15) is 0 Å². The molecule has 1 aromatic carbocycles. The number of ether oxygens (including phenoxy) is 1. The van der Waals surface area contributed by atoms with Crippen molar-refractivity contribution in [2.75, 3.05) is 19.5 Å². The number of hydrogen-bond donors (Lipinski definition) is 2. The average Bonchev–Trinajstić information content (AvgIpc) is 2.55.